The molecule has 0 bridgehead atoms. The van der Waals surface area contributed by atoms with Crippen LogP contribution in [0.25, 0.3) is 0 Å². The van der Waals surface area contributed by atoms with Crippen molar-refractivity contribution < 1.29 is 0 Å². The summed E-state index contributed by atoms with van der Waals surface area (Å²) in [6.45, 7) is 22.1. The summed E-state index contributed by atoms with van der Waals surface area (Å²) >= 11 is 0. The van der Waals surface area contributed by atoms with Gasteiger partial charge in [-0.2, -0.15) is 0 Å². The lowest BCUT2D eigenvalue weighted by atomic mass is 10.00. The van der Waals surface area contributed by atoms with Gasteiger partial charge in [-0.3, -0.25) is 0 Å². The van der Waals surface area contributed by atoms with E-state index in [1.165, 1.54) is 0 Å². The minimum atomic E-state index is -1.16. The van der Waals surface area contributed by atoms with E-state index in [-0.39, 0.29) is 0 Å². The second-order valence-electron chi connectivity index (χ2n) is 6.69. The molecular weight excluding hydrogens is 196 g/mol. The highest BCUT2D eigenvalue weighted by Gasteiger charge is 2.44. The molecule has 0 aromatic carbocycles. The van der Waals surface area contributed by atoms with Crippen LogP contribution in [0.5, 0.6) is 0 Å². The Balaban J connectivity index is 5.19. The highest BCUT2D eigenvalue weighted by molar-refractivity contribution is 6.82. The van der Waals surface area contributed by atoms with Crippen LogP contribution in [0.15, 0.2) is 0 Å². The van der Waals surface area contributed by atoms with Crippen LogP contribution < -0.4 is 0 Å². The normalized spacial score (nSPS) is 14.0. The second kappa shape index (κ2) is 5.52. The first-order chi connectivity index (χ1) is 6.65. The van der Waals surface area contributed by atoms with Gasteiger partial charge in [-0.25, -0.2) is 0 Å². The van der Waals surface area contributed by atoms with Crippen LogP contribution in [0.3, 0.4) is 0 Å². The molecule has 0 aliphatic heterocycles. The quantitative estimate of drug-likeness (QED) is 0.540. The van der Waals surface area contributed by atoms with Crippen molar-refractivity contribution in [3.63, 3.8) is 0 Å². The van der Waals surface area contributed by atoms with Gasteiger partial charge in [-0.15, -0.1) is 0 Å². The summed E-state index contributed by atoms with van der Waals surface area (Å²) in [5.41, 5.74) is 2.75. The molecule has 0 aromatic heterocycles. The number of rotatable bonds is 5. The summed E-state index contributed by atoms with van der Waals surface area (Å²) < 4.78 is 0. The fraction of sp³-hybridized carbons (Fsp3) is 1.00. The average Bonchev–Trinajstić information content (AvgIpc) is 2.01. The molecule has 0 aliphatic rings. The zero-order chi connectivity index (χ0) is 12.4. The monoisotopic (exact) mass is 228 g/mol. The van der Waals surface area contributed by atoms with Gasteiger partial charge >= 0.3 is 0 Å². The highest BCUT2D eigenvalue weighted by atomic mass is 28.3. The molecule has 0 heterocycles. The Labute approximate surface area is 98.9 Å². The molecule has 0 atom stereocenters. The van der Waals surface area contributed by atoms with Gasteiger partial charge in [0, 0.05) is 0 Å². The molecule has 0 rings (SSSR count). The molecule has 0 amide bonds. The third-order valence-corrected chi connectivity index (χ3v) is 12.4. The van der Waals surface area contributed by atoms with Crippen LogP contribution in [0, 0.1) is 11.8 Å². The van der Waals surface area contributed by atoms with Crippen LogP contribution in [0.1, 0.15) is 55.4 Å². The minimum Gasteiger partial charge on any atom is -0.0686 e. The topological polar surface area (TPSA) is 0 Å². The van der Waals surface area contributed by atoms with Crippen LogP contribution in [-0.2, 0) is 0 Å². The summed E-state index contributed by atoms with van der Waals surface area (Å²) in [6.07, 6.45) is 0. The number of hydrogen-bond donors (Lipinski definition) is 0. The molecule has 0 saturated carbocycles. The van der Waals surface area contributed by atoms with Gasteiger partial charge in [0.1, 0.15) is 0 Å². The van der Waals surface area contributed by atoms with Gasteiger partial charge in [0.05, 0.1) is 8.07 Å². The van der Waals surface area contributed by atoms with Crippen LogP contribution >= 0.6 is 0 Å². The predicted molar refractivity (Wildman–Crippen MR) is 75.2 cm³/mol. The molecule has 0 fully saturated rings. The van der Waals surface area contributed by atoms with Gasteiger partial charge < -0.3 is 0 Å². The van der Waals surface area contributed by atoms with E-state index in [1.54, 1.807) is 0 Å². The van der Waals surface area contributed by atoms with Gasteiger partial charge in [-0.05, 0) is 17.4 Å². The summed E-state index contributed by atoms with van der Waals surface area (Å²) in [6, 6.07) is 0. The lowest BCUT2D eigenvalue weighted by Crippen LogP contribution is -2.46. The van der Waals surface area contributed by atoms with Gasteiger partial charge in [-0.1, -0.05) is 73.0 Å². The van der Waals surface area contributed by atoms with Crippen LogP contribution in [0.4, 0.5) is 0 Å². The largest absolute Gasteiger partial charge is 0.0686 e. The number of hydrogen-bond acceptors (Lipinski definition) is 0. The first kappa shape index (κ1) is 15.2. The average molecular weight is 228 g/mol. The molecular formula is C14H32Si. The van der Waals surface area contributed by atoms with Crippen molar-refractivity contribution in [1.82, 2.24) is 0 Å². The molecule has 0 nitrogen and oxygen atoms in total. The molecule has 0 aromatic rings. The first-order valence-corrected chi connectivity index (χ1v) is 9.38. The zero-order valence-electron chi connectivity index (χ0n) is 12.4. The third-order valence-electron chi connectivity index (χ3n) is 4.64. The summed E-state index contributed by atoms with van der Waals surface area (Å²) in [7, 11) is -1.16. The van der Waals surface area contributed by atoms with Gasteiger partial charge in [0.2, 0.25) is 0 Å². The Morgan fingerprint density at radius 3 is 0.933 bits per heavy atom. The van der Waals surface area contributed by atoms with Crippen LogP contribution in [0.2, 0.25) is 23.2 Å². The fourth-order valence-corrected chi connectivity index (χ4v) is 9.39. The van der Waals surface area contributed by atoms with E-state index in [4.69, 9.17) is 0 Å². The Hall–Kier alpha value is 0.217. The van der Waals surface area contributed by atoms with E-state index in [0.29, 0.717) is 0 Å². The fourth-order valence-electron chi connectivity index (χ4n) is 3.64. The first-order valence-electron chi connectivity index (χ1n) is 6.65. The van der Waals surface area contributed by atoms with Crippen molar-refractivity contribution in [2.45, 2.75) is 78.6 Å². The molecule has 0 saturated heterocycles. The summed E-state index contributed by atoms with van der Waals surface area (Å²) in [5, 5.41) is 0. The smallest absolute Gasteiger partial charge is 0.0592 e. The summed E-state index contributed by atoms with van der Waals surface area (Å²) in [4.78, 5) is 0. The van der Waals surface area contributed by atoms with Gasteiger partial charge in [0.15, 0.2) is 0 Å². The van der Waals surface area contributed by atoms with E-state index >= 15 is 0 Å². The molecule has 0 radical (unpaired) electrons. The Morgan fingerprint density at radius 2 is 0.867 bits per heavy atom. The minimum absolute atomic E-state index is 0.839. The van der Waals surface area contributed by atoms with Crippen molar-refractivity contribution in [2.24, 2.45) is 11.8 Å². The SMILES string of the molecule is CC(C)C(C(C)C)[Si](C)(C(C)C)C(C)C. The maximum Gasteiger partial charge on any atom is 0.0592 e. The van der Waals surface area contributed by atoms with Crippen molar-refractivity contribution in [3.05, 3.63) is 0 Å². The third kappa shape index (κ3) is 3.09. The van der Waals surface area contributed by atoms with E-state index in [0.717, 1.165) is 28.5 Å². The maximum atomic E-state index is 2.63. The molecule has 0 aliphatic carbocycles. The van der Waals surface area contributed by atoms with Crippen molar-refractivity contribution >= 4 is 8.07 Å². The maximum absolute atomic E-state index is 2.63. The Bertz CT molecular complexity index is 164. The van der Waals surface area contributed by atoms with Crippen molar-refractivity contribution in [2.75, 3.05) is 0 Å². The molecule has 1 heteroatoms. The Kier molecular flexibility index (Phi) is 5.60. The molecule has 15 heavy (non-hydrogen) atoms. The Morgan fingerprint density at radius 1 is 0.600 bits per heavy atom. The van der Waals surface area contributed by atoms with Gasteiger partial charge in [0.25, 0.3) is 0 Å². The summed E-state index contributed by atoms with van der Waals surface area (Å²) in [5.74, 6) is 1.68. The van der Waals surface area contributed by atoms with Crippen LogP contribution in [-0.4, -0.2) is 8.07 Å². The molecule has 0 N–H and O–H groups in total. The van der Waals surface area contributed by atoms with E-state index in [1.807, 2.05) is 0 Å². The zero-order valence-corrected chi connectivity index (χ0v) is 13.4. The van der Waals surface area contributed by atoms with E-state index in [2.05, 4.69) is 61.9 Å². The van der Waals surface area contributed by atoms with E-state index in [9.17, 15) is 0 Å². The molecule has 0 spiro atoms. The van der Waals surface area contributed by atoms with Crippen molar-refractivity contribution in [3.8, 4) is 0 Å². The lowest BCUT2D eigenvalue weighted by molar-refractivity contribution is 0.441. The lowest BCUT2D eigenvalue weighted by Gasteiger charge is -2.47. The molecule has 0 unspecified atom stereocenters. The molecule has 92 valence electrons. The second-order valence-corrected chi connectivity index (χ2v) is 12.4. The van der Waals surface area contributed by atoms with Crippen molar-refractivity contribution in [1.29, 1.82) is 0 Å². The standard InChI is InChI=1S/C14H32Si/c1-10(2)14(11(3)4)15(9,12(5)6)13(7)8/h10-14H,1-9H3. The highest BCUT2D eigenvalue weighted by Crippen LogP contribution is 2.48. The predicted octanol–water partition coefficient (Wildman–Crippen LogP) is 5.57. The van der Waals surface area contributed by atoms with E-state index < -0.39 is 8.07 Å².